The molecule has 2 heterocycles. The van der Waals surface area contributed by atoms with Crippen molar-refractivity contribution in [3.05, 3.63) is 0 Å². The molecule has 1 unspecified atom stereocenters. The highest BCUT2D eigenvalue weighted by molar-refractivity contribution is 5.85. The lowest BCUT2D eigenvalue weighted by Crippen LogP contribution is -2.46. The number of likely N-dealkylation sites (tertiary alicyclic amines) is 2. The maximum absolute atomic E-state index is 12.1. The molecule has 1 atom stereocenters. The summed E-state index contributed by atoms with van der Waals surface area (Å²) in [5, 5.41) is 6.67. The first-order valence-electron chi connectivity index (χ1n) is 9.28. The molecule has 0 aromatic heterocycles. The van der Waals surface area contributed by atoms with Crippen LogP contribution in [0.15, 0.2) is 4.99 Å². The number of aliphatic imine (C=N–C) groups is 1. The summed E-state index contributed by atoms with van der Waals surface area (Å²) in [5.74, 6) is 0.906. The Balaban J connectivity index is 1.81. The maximum Gasteiger partial charge on any atom is 0.244 e. The van der Waals surface area contributed by atoms with Gasteiger partial charge in [0.15, 0.2) is 5.96 Å². The van der Waals surface area contributed by atoms with Gasteiger partial charge in [0, 0.05) is 32.2 Å². The molecule has 6 nitrogen and oxygen atoms in total. The van der Waals surface area contributed by atoms with Crippen LogP contribution >= 0.6 is 0 Å². The van der Waals surface area contributed by atoms with E-state index >= 15 is 0 Å². The zero-order valence-corrected chi connectivity index (χ0v) is 14.8. The van der Waals surface area contributed by atoms with Crippen LogP contribution in [0.4, 0.5) is 0 Å². The van der Waals surface area contributed by atoms with Crippen molar-refractivity contribution in [3.63, 3.8) is 0 Å². The van der Waals surface area contributed by atoms with Crippen LogP contribution in [0.3, 0.4) is 0 Å². The summed E-state index contributed by atoms with van der Waals surface area (Å²) in [7, 11) is 0. The SMILES string of the molecule is CCNC(=NCC(=O)N1CCCC1)NCC(CC)N1CCCC1. The molecule has 0 saturated carbocycles. The van der Waals surface area contributed by atoms with Gasteiger partial charge in [-0.25, -0.2) is 4.99 Å². The Morgan fingerprint density at radius 2 is 1.70 bits per heavy atom. The lowest BCUT2D eigenvalue weighted by molar-refractivity contribution is -0.128. The zero-order chi connectivity index (χ0) is 16.5. The molecular formula is C17H33N5O. The first kappa shape index (κ1) is 18.0. The van der Waals surface area contributed by atoms with Gasteiger partial charge in [0.05, 0.1) is 0 Å². The molecule has 2 rings (SSSR count). The van der Waals surface area contributed by atoms with Crippen LogP contribution in [0.5, 0.6) is 0 Å². The maximum atomic E-state index is 12.1. The molecule has 132 valence electrons. The summed E-state index contributed by atoms with van der Waals surface area (Å²) >= 11 is 0. The minimum absolute atomic E-state index is 0.145. The number of rotatable bonds is 7. The largest absolute Gasteiger partial charge is 0.357 e. The third-order valence-corrected chi connectivity index (χ3v) is 4.81. The van der Waals surface area contributed by atoms with E-state index in [1.807, 2.05) is 4.90 Å². The van der Waals surface area contributed by atoms with E-state index in [0.717, 1.165) is 51.4 Å². The van der Waals surface area contributed by atoms with Gasteiger partial charge in [-0.05, 0) is 52.1 Å². The van der Waals surface area contributed by atoms with Crippen molar-refractivity contribution in [2.75, 3.05) is 45.8 Å². The standard InChI is InChI=1S/C17H33N5O/c1-3-15(21-9-5-6-10-21)13-19-17(18-4-2)20-14-16(23)22-11-7-8-12-22/h15H,3-14H2,1-2H3,(H2,18,19,20). The fourth-order valence-corrected chi connectivity index (χ4v) is 3.41. The minimum atomic E-state index is 0.145. The molecule has 2 aliphatic heterocycles. The van der Waals surface area contributed by atoms with Crippen LogP contribution < -0.4 is 10.6 Å². The number of amides is 1. The van der Waals surface area contributed by atoms with Crippen molar-refractivity contribution in [1.82, 2.24) is 20.4 Å². The zero-order valence-electron chi connectivity index (χ0n) is 14.8. The second kappa shape index (κ2) is 9.75. The summed E-state index contributed by atoms with van der Waals surface area (Å²) in [6, 6.07) is 0.552. The van der Waals surface area contributed by atoms with Gasteiger partial charge < -0.3 is 15.5 Å². The van der Waals surface area contributed by atoms with Gasteiger partial charge in [-0.2, -0.15) is 0 Å². The third-order valence-electron chi connectivity index (χ3n) is 4.81. The number of hydrogen-bond acceptors (Lipinski definition) is 3. The highest BCUT2D eigenvalue weighted by Crippen LogP contribution is 2.13. The van der Waals surface area contributed by atoms with E-state index in [1.54, 1.807) is 0 Å². The van der Waals surface area contributed by atoms with Crippen LogP contribution in [0, 0.1) is 0 Å². The van der Waals surface area contributed by atoms with Crippen molar-refractivity contribution in [1.29, 1.82) is 0 Å². The Bertz CT molecular complexity index is 386. The molecule has 0 spiro atoms. The normalized spacial score (nSPS) is 20.8. The van der Waals surface area contributed by atoms with Crippen LogP contribution in [-0.2, 0) is 4.79 Å². The van der Waals surface area contributed by atoms with Gasteiger partial charge in [0.1, 0.15) is 6.54 Å². The first-order valence-corrected chi connectivity index (χ1v) is 9.28. The number of carbonyl (C=O) groups is 1. The van der Waals surface area contributed by atoms with E-state index in [4.69, 9.17) is 0 Å². The van der Waals surface area contributed by atoms with E-state index in [1.165, 1.54) is 25.9 Å². The van der Waals surface area contributed by atoms with Gasteiger partial charge in [0.2, 0.25) is 5.91 Å². The second-order valence-electron chi connectivity index (χ2n) is 6.47. The van der Waals surface area contributed by atoms with E-state index in [9.17, 15) is 4.79 Å². The highest BCUT2D eigenvalue weighted by atomic mass is 16.2. The van der Waals surface area contributed by atoms with Gasteiger partial charge >= 0.3 is 0 Å². The van der Waals surface area contributed by atoms with Crippen molar-refractivity contribution >= 4 is 11.9 Å². The van der Waals surface area contributed by atoms with E-state index in [0.29, 0.717) is 6.04 Å². The van der Waals surface area contributed by atoms with E-state index in [2.05, 4.69) is 34.4 Å². The number of nitrogens with zero attached hydrogens (tertiary/aromatic N) is 3. The third kappa shape index (κ3) is 5.68. The predicted molar refractivity (Wildman–Crippen MR) is 94.7 cm³/mol. The second-order valence-corrected chi connectivity index (χ2v) is 6.47. The summed E-state index contributed by atoms with van der Waals surface area (Å²) < 4.78 is 0. The lowest BCUT2D eigenvalue weighted by Gasteiger charge is -2.27. The molecule has 23 heavy (non-hydrogen) atoms. The van der Waals surface area contributed by atoms with E-state index < -0.39 is 0 Å². The molecule has 0 radical (unpaired) electrons. The summed E-state index contributed by atoms with van der Waals surface area (Å²) in [4.78, 5) is 21.1. The first-order chi connectivity index (χ1) is 11.2. The molecule has 0 aromatic carbocycles. The lowest BCUT2D eigenvalue weighted by atomic mass is 10.2. The molecule has 0 aliphatic carbocycles. The topological polar surface area (TPSA) is 60.0 Å². The smallest absolute Gasteiger partial charge is 0.244 e. The summed E-state index contributed by atoms with van der Waals surface area (Å²) in [6.07, 6.45) is 6.02. The highest BCUT2D eigenvalue weighted by Gasteiger charge is 2.21. The van der Waals surface area contributed by atoms with Gasteiger partial charge in [-0.3, -0.25) is 9.69 Å². The Labute approximate surface area is 140 Å². The fraction of sp³-hybridized carbons (Fsp3) is 0.882. The van der Waals surface area contributed by atoms with Crippen LogP contribution in [-0.4, -0.2) is 73.5 Å². The van der Waals surface area contributed by atoms with Gasteiger partial charge in [0.25, 0.3) is 0 Å². The molecule has 0 aromatic rings. The quantitative estimate of drug-likeness (QED) is 0.543. The van der Waals surface area contributed by atoms with Crippen molar-refractivity contribution in [3.8, 4) is 0 Å². The molecule has 2 saturated heterocycles. The molecule has 2 aliphatic rings. The van der Waals surface area contributed by atoms with Crippen molar-refractivity contribution in [2.24, 2.45) is 4.99 Å². The Hall–Kier alpha value is -1.30. The number of guanidine groups is 1. The molecule has 2 N–H and O–H groups in total. The Kier molecular flexibility index (Phi) is 7.65. The van der Waals surface area contributed by atoms with Crippen molar-refractivity contribution < 1.29 is 4.79 Å². The van der Waals surface area contributed by atoms with Crippen LogP contribution in [0.25, 0.3) is 0 Å². The van der Waals surface area contributed by atoms with Gasteiger partial charge in [-0.15, -0.1) is 0 Å². The fourth-order valence-electron chi connectivity index (χ4n) is 3.41. The number of nitrogens with one attached hydrogen (secondary N) is 2. The number of carbonyl (C=O) groups excluding carboxylic acids is 1. The molecule has 1 amide bonds. The monoisotopic (exact) mass is 323 g/mol. The summed E-state index contributed by atoms with van der Waals surface area (Å²) in [6.45, 7) is 10.4. The van der Waals surface area contributed by atoms with Gasteiger partial charge in [-0.1, -0.05) is 6.92 Å². The average Bonchev–Trinajstić information content (AvgIpc) is 3.26. The van der Waals surface area contributed by atoms with Crippen LogP contribution in [0.1, 0.15) is 46.0 Å². The summed E-state index contributed by atoms with van der Waals surface area (Å²) in [5.41, 5.74) is 0. The van der Waals surface area contributed by atoms with Crippen LogP contribution in [0.2, 0.25) is 0 Å². The Morgan fingerprint density at radius 1 is 1.04 bits per heavy atom. The Morgan fingerprint density at radius 3 is 2.30 bits per heavy atom. The molecule has 6 heteroatoms. The average molecular weight is 323 g/mol. The molecule has 0 bridgehead atoms. The predicted octanol–water partition coefficient (Wildman–Crippen LogP) is 1.04. The number of hydrogen-bond donors (Lipinski definition) is 2. The molecule has 2 fully saturated rings. The molecular weight excluding hydrogens is 290 g/mol. The minimum Gasteiger partial charge on any atom is -0.357 e. The van der Waals surface area contributed by atoms with E-state index in [-0.39, 0.29) is 12.5 Å². The van der Waals surface area contributed by atoms with Crippen molar-refractivity contribution in [2.45, 2.75) is 52.0 Å².